The highest BCUT2D eigenvalue weighted by atomic mass is 35.5. The highest BCUT2D eigenvalue weighted by Crippen LogP contribution is 2.31. The van der Waals surface area contributed by atoms with Crippen LogP contribution in [0.3, 0.4) is 0 Å². The monoisotopic (exact) mass is 471 g/mol. The molecule has 4 rings (SSSR count). The number of nitrogens with zero attached hydrogens (tertiary/aromatic N) is 1. The van der Waals surface area contributed by atoms with E-state index in [0.29, 0.717) is 30.5 Å². The van der Waals surface area contributed by atoms with E-state index in [0.717, 1.165) is 23.8 Å². The van der Waals surface area contributed by atoms with Crippen molar-refractivity contribution in [2.75, 3.05) is 11.9 Å². The van der Waals surface area contributed by atoms with E-state index in [1.807, 2.05) is 25.1 Å². The summed E-state index contributed by atoms with van der Waals surface area (Å²) in [7, 11) is 0. The summed E-state index contributed by atoms with van der Waals surface area (Å²) in [5, 5.41) is 14.0. The van der Waals surface area contributed by atoms with Crippen LogP contribution in [0.5, 0.6) is 0 Å². The van der Waals surface area contributed by atoms with E-state index in [1.54, 1.807) is 17.2 Å². The smallest absolute Gasteiger partial charge is 0.322 e. The largest absolute Gasteiger partial charge is 0.393 e. The van der Waals surface area contributed by atoms with E-state index in [2.05, 4.69) is 10.3 Å². The number of nitrogens with one attached hydrogen (secondary N) is 2. The molecule has 1 aliphatic carbocycles. The number of anilines is 1. The predicted octanol–water partition coefficient (Wildman–Crippen LogP) is 5.47. The quantitative estimate of drug-likeness (QED) is 0.461. The Morgan fingerprint density at radius 1 is 1.21 bits per heavy atom. The lowest BCUT2D eigenvalue weighted by Crippen LogP contribution is -2.41. The van der Waals surface area contributed by atoms with Gasteiger partial charge in [0.05, 0.1) is 17.2 Å². The summed E-state index contributed by atoms with van der Waals surface area (Å²) >= 11 is 5.89. The summed E-state index contributed by atoms with van der Waals surface area (Å²) in [6.07, 6.45) is 4.45. The number of fused-ring (bicyclic) bond motifs is 1. The first kappa shape index (κ1) is 23.3. The molecule has 3 N–H and O–H groups in total. The molecule has 2 aromatic carbocycles. The van der Waals surface area contributed by atoms with Crippen LogP contribution < -0.4 is 10.9 Å². The van der Waals surface area contributed by atoms with Crippen molar-refractivity contribution in [3.05, 3.63) is 75.4 Å². The first-order valence-electron chi connectivity index (χ1n) is 11.1. The molecule has 174 valence electrons. The van der Waals surface area contributed by atoms with Gasteiger partial charge in [-0.3, -0.25) is 4.79 Å². The zero-order chi connectivity index (χ0) is 23.5. The summed E-state index contributed by atoms with van der Waals surface area (Å²) < 4.78 is 13.6. The van der Waals surface area contributed by atoms with Gasteiger partial charge in [-0.1, -0.05) is 29.8 Å². The first-order valence-corrected chi connectivity index (χ1v) is 11.5. The molecule has 0 radical (unpaired) electrons. The van der Waals surface area contributed by atoms with Gasteiger partial charge in [0.1, 0.15) is 5.82 Å². The van der Waals surface area contributed by atoms with E-state index in [4.69, 9.17) is 11.6 Å². The fraction of sp³-hybridized carbons (Fsp3) is 0.360. The van der Waals surface area contributed by atoms with Crippen molar-refractivity contribution in [3.63, 3.8) is 0 Å². The van der Waals surface area contributed by atoms with Gasteiger partial charge in [0.2, 0.25) is 0 Å². The molecule has 2 amide bonds. The van der Waals surface area contributed by atoms with Crippen LogP contribution in [0, 0.1) is 11.7 Å². The third-order valence-electron chi connectivity index (χ3n) is 6.46. The molecule has 0 bridgehead atoms. The second kappa shape index (κ2) is 9.93. The van der Waals surface area contributed by atoms with Gasteiger partial charge in [-0.2, -0.15) is 0 Å². The van der Waals surface area contributed by atoms with Gasteiger partial charge in [0, 0.05) is 23.8 Å². The van der Waals surface area contributed by atoms with Crippen LogP contribution in [0.15, 0.2) is 53.5 Å². The number of aromatic amines is 1. The van der Waals surface area contributed by atoms with Crippen LogP contribution in [-0.2, 0) is 0 Å². The number of aliphatic hydroxyl groups is 1. The maximum Gasteiger partial charge on any atom is 0.322 e. The Morgan fingerprint density at radius 2 is 1.91 bits per heavy atom. The van der Waals surface area contributed by atoms with E-state index in [-0.39, 0.29) is 34.7 Å². The number of halogens is 2. The van der Waals surface area contributed by atoms with Gasteiger partial charge in [-0.15, -0.1) is 0 Å². The molecule has 1 aromatic heterocycles. The number of carbonyl (C=O) groups is 1. The predicted molar refractivity (Wildman–Crippen MR) is 128 cm³/mol. The zero-order valence-corrected chi connectivity index (χ0v) is 19.1. The number of pyridine rings is 1. The number of aromatic nitrogens is 1. The Morgan fingerprint density at radius 3 is 2.61 bits per heavy atom. The summed E-state index contributed by atoms with van der Waals surface area (Å²) in [4.78, 5) is 30.2. The van der Waals surface area contributed by atoms with Gasteiger partial charge in [-0.25, -0.2) is 9.18 Å². The Kier molecular flexibility index (Phi) is 7.00. The van der Waals surface area contributed by atoms with Gasteiger partial charge in [0.25, 0.3) is 5.56 Å². The Balaban J connectivity index is 1.66. The average molecular weight is 472 g/mol. The Hall–Kier alpha value is -2.90. The number of hydrogen-bond donors (Lipinski definition) is 3. The van der Waals surface area contributed by atoms with Gasteiger partial charge in [0.15, 0.2) is 0 Å². The molecule has 33 heavy (non-hydrogen) atoms. The minimum absolute atomic E-state index is 0.0692. The molecule has 6 nitrogen and oxygen atoms in total. The number of rotatable bonds is 5. The third-order valence-corrected chi connectivity index (χ3v) is 6.75. The minimum atomic E-state index is -0.555. The molecule has 8 heteroatoms. The molecule has 1 saturated carbocycles. The van der Waals surface area contributed by atoms with Crippen molar-refractivity contribution in [2.24, 2.45) is 5.92 Å². The van der Waals surface area contributed by atoms with Crippen LogP contribution in [0.1, 0.15) is 44.2 Å². The van der Waals surface area contributed by atoms with Crippen molar-refractivity contribution in [3.8, 4) is 0 Å². The number of aliphatic hydroxyl groups excluding tert-OH is 1. The molecule has 0 aliphatic heterocycles. The molecular formula is C25H27ClFN3O3. The number of urea groups is 1. The minimum Gasteiger partial charge on any atom is -0.393 e. The number of hydrogen-bond acceptors (Lipinski definition) is 3. The Bertz CT molecular complexity index is 1210. The van der Waals surface area contributed by atoms with Crippen LogP contribution in [0.2, 0.25) is 5.02 Å². The van der Waals surface area contributed by atoms with E-state index < -0.39 is 5.82 Å². The van der Waals surface area contributed by atoms with Gasteiger partial charge >= 0.3 is 6.03 Å². The summed E-state index contributed by atoms with van der Waals surface area (Å²) in [6.45, 7) is 2.41. The van der Waals surface area contributed by atoms with E-state index in [9.17, 15) is 19.1 Å². The van der Waals surface area contributed by atoms with Crippen LogP contribution in [-0.4, -0.2) is 33.7 Å². The fourth-order valence-electron chi connectivity index (χ4n) is 4.54. The first-order chi connectivity index (χ1) is 15.8. The highest BCUT2D eigenvalue weighted by Gasteiger charge is 2.29. The van der Waals surface area contributed by atoms with Crippen LogP contribution in [0.25, 0.3) is 10.8 Å². The maximum atomic E-state index is 13.6. The molecule has 0 spiro atoms. The van der Waals surface area contributed by atoms with Crippen LogP contribution in [0.4, 0.5) is 14.9 Å². The van der Waals surface area contributed by atoms with Gasteiger partial charge in [-0.05, 0) is 73.7 Å². The number of H-pyrrole nitrogens is 1. The normalized spacial score (nSPS) is 19.3. The topological polar surface area (TPSA) is 85.4 Å². The van der Waals surface area contributed by atoms with Crippen molar-refractivity contribution in [1.82, 2.24) is 9.88 Å². The SMILES string of the molecule is C[C@@H](c1c[nH]c(=O)c2ccccc12)N(C[C@H]1CC[C@H](O)CC1)C(=O)Nc1ccc(F)c(Cl)c1. The lowest BCUT2D eigenvalue weighted by atomic mass is 9.86. The maximum absolute atomic E-state index is 13.6. The summed E-state index contributed by atoms with van der Waals surface area (Å²) in [5.74, 6) is -0.312. The van der Waals surface area contributed by atoms with E-state index >= 15 is 0 Å². The van der Waals surface area contributed by atoms with Crippen molar-refractivity contribution < 1.29 is 14.3 Å². The molecule has 1 atom stereocenters. The molecule has 0 unspecified atom stereocenters. The number of amides is 2. The summed E-state index contributed by atoms with van der Waals surface area (Å²) in [6, 6.07) is 10.7. The second-order valence-electron chi connectivity index (χ2n) is 8.68. The molecule has 1 fully saturated rings. The zero-order valence-electron chi connectivity index (χ0n) is 18.4. The Labute approximate surface area is 196 Å². The highest BCUT2D eigenvalue weighted by molar-refractivity contribution is 6.31. The molecular weight excluding hydrogens is 445 g/mol. The molecule has 1 heterocycles. The fourth-order valence-corrected chi connectivity index (χ4v) is 4.72. The molecule has 0 saturated heterocycles. The number of carbonyl (C=O) groups excluding carboxylic acids is 1. The summed E-state index contributed by atoms with van der Waals surface area (Å²) in [5.41, 5.74) is 1.04. The van der Waals surface area contributed by atoms with Crippen molar-refractivity contribution in [2.45, 2.75) is 44.8 Å². The van der Waals surface area contributed by atoms with Gasteiger partial charge < -0.3 is 20.3 Å². The third kappa shape index (κ3) is 5.20. The molecule has 3 aromatic rings. The molecule has 1 aliphatic rings. The lowest BCUT2D eigenvalue weighted by molar-refractivity contribution is 0.0939. The average Bonchev–Trinajstić information content (AvgIpc) is 2.81. The second-order valence-corrected chi connectivity index (χ2v) is 9.09. The number of benzene rings is 2. The standard InChI is InChI=1S/C25H27ClFN3O3/c1-15(21-13-28-24(32)20-5-3-2-4-19(20)21)30(14-16-6-9-18(31)10-7-16)25(33)29-17-8-11-23(27)22(26)12-17/h2-5,8,11-13,15-16,18,31H,6-7,9-10,14H2,1H3,(H,28,32)(H,29,33)/t15-,16-,18-/m0/s1. The van der Waals surface area contributed by atoms with Crippen molar-refractivity contribution in [1.29, 1.82) is 0 Å². The van der Waals surface area contributed by atoms with Crippen LogP contribution >= 0.6 is 11.6 Å². The van der Waals surface area contributed by atoms with Crippen molar-refractivity contribution >= 4 is 34.1 Å². The lowest BCUT2D eigenvalue weighted by Gasteiger charge is -2.35. The van der Waals surface area contributed by atoms with E-state index in [1.165, 1.54) is 18.2 Å².